The van der Waals surface area contributed by atoms with E-state index in [4.69, 9.17) is 15.2 Å². The summed E-state index contributed by atoms with van der Waals surface area (Å²) in [5, 5.41) is 10.6. The highest BCUT2D eigenvalue weighted by atomic mass is 16.6. The zero-order chi connectivity index (χ0) is 12.3. The molecule has 0 saturated carbocycles. The largest absolute Gasteiger partial charge is 0.493 e. The van der Waals surface area contributed by atoms with Gasteiger partial charge in [-0.25, -0.2) is 0 Å². The molecule has 2 rings (SSSR count). The highest BCUT2D eigenvalue weighted by Crippen LogP contribution is 2.26. The van der Waals surface area contributed by atoms with Gasteiger partial charge in [-0.05, 0) is 12.5 Å². The average Bonchev–Trinajstić information content (AvgIpc) is 2.78. The predicted octanol–water partition coefficient (Wildman–Crippen LogP) is 1.59. The quantitative estimate of drug-likeness (QED) is 0.489. The summed E-state index contributed by atoms with van der Waals surface area (Å²) in [6.45, 7) is 2.04. The first kappa shape index (κ1) is 11.7. The van der Waals surface area contributed by atoms with E-state index in [1.165, 1.54) is 12.1 Å². The number of nitro benzene ring substituents is 1. The lowest BCUT2D eigenvalue weighted by atomic mass is 10.1. The predicted molar refractivity (Wildman–Crippen MR) is 61.9 cm³/mol. The Hall–Kier alpha value is -1.82. The van der Waals surface area contributed by atoms with Gasteiger partial charge in [0.05, 0.1) is 18.1 Å². The summed E-state index contributed by atoms with van der Waals surface area (Å²) >= 11 is 0. The molecule has 6 nitrogen and oxygen atoms in total. The number of rotatable bonds is 4. The number of nitrogens with two attached hydrogens (primary N) is 1. The van der Waals surface area contributed by atoms with Gasteiger partial charge in [0.25, 0.3) is 5.69 Å². The molecule has 0 aromatic heterocycles. The van der Waals surface area contributed by atoms with E-state index in [0.29, 0.717) is 24.9 Å². The van der Waals surface area contributed by atoms with Gasteiger partial charge in [-0.1, -0.05) is 0 Å². The number of hydrogen-bond acceptors (Lipinski definition) is 5. The number of nitrogen functional groups attached to an aromatic ring is 1. The lowest BCUT2D eigenvalue weighted by Gasteiger charge is -2.10. The monoisotopic (exact) mass is 238 g/mol. The molecular weight excluding hydrogens is 224 g/mol. The van der Waals surface area contributed by atoms with Crippen molar-refractivity contribution in [1.82, 2.24) is 0 Å². The third-order valence-corrected chi connectivity index (χ3v) is 2.71. The summed E-state index contributed by atoms with van der Waals surface area (Å²) in [5.41, 5.74) is 5.58. The SMILES string of the molecule is Nc1cc(OCC2CCOC2)ccc1[N+](=O)[O-]. The van der Waals surface area contributed by atoms with Gasteiger partial charge in [0.2, 0.25) is 0 Å². The van der Waals surface area contributed by atoms with Crippen LogP contribution in [0.3, 0.4) is 0 Å². The second kappa shape index (κ2) is 5.01. The van der Waals surface area contributed by atoms with Crippen LogP contribution in [0.5, 0.6) is 5.75 Å². The first-order valence-corrected chi connectivity index (χ1v) is 5.41. The van der Waals surface area contributed by atoms with Crippen LogP contribution in [-0.4, -0.2) is 24.7 Å². The Morgan fingerprint density at radius 2 is 2.41 bits per heavy atom. The third kappa shape index (κ3) is 2.85. The molecule has 2 N–H and O–H groups in total. The average molecular weight is 238 g/mol. The number of nitrogens with zero attached hydrogens (tertiary/aromatic N) is 1. The molecule has 0 radical (unpaired) electrons. The van der Waals surface area contributed by atoms with Gasteiger partial charge in [-0.3, -0.25) is 10.1 Å². The van der Waals surface area contributed by atoms with Crippen LogP contribution in [0, 0.1) is 16.0 Å². The minimum atomic E-state index is -0.510. The Kier molecular flexibility index (Phi) is 3.43. The maximum atomic E-state index is 10.6. The van der Waals surface area contributed by atoms with Crippen LogP contribution in [0.4, 0.5) is 11.4 Å². The minimum Gasteiger partial charge on any atom is -0.493 e. The first-order chi connectivity index (χ1) is 8.16. The van der Waals surface area contributed by atoms with Gasteiger partial charge in [0.15, 0.2) is 0 Å². The highest BCUT2D eigenvalue weighted by molar-refractivity contribution is 5.60. The van der Waals surface area contributed by atoms with Gasteiger partial charge in [0.1, 0.15) is 11.4 Å². The normalized spacial score (nSPS) is 19.2. The van der Waals surface area contributed by atoms with Crippen LogP contribution < -0.4 is 10.5 Å². The minimum absolute atomic E-state index is 0.0958. The lowest BCUT2D eigenvalue weighted by Crippen LogP contribution is -2.11. The molecule has 1 heterocycles. The van der Waals surface area contributed by atoms with E-state index in [9.17, 15) is 10.1 Å². The van der Waals surface area contributed by atoms with Gasteiger partial charge < -0.3 is 15.2 Å². The Balaban J connectivity index is 1.97. The fourth-order valence-electron chi connectivity index (χ4n) is 1.72. The van der Waals surface area contributed by atoms with Gasteiger partial charge in [0, 0.05) is 24.7 Å². The molecule has 1 aromatic rings. The summed E-state index contributed by atoms with van der Waals surface area (Å²) in [4.78, 5) is 10.1. The van der Waals surface area contributed by atoms with Crippen molar-refractivity contribution >= 4 is 11.4 Å². The van der Waals surface area contributed by atoms with Crippen LogP contribution in [0.1, 0.15) is 6.42 Å². The fourth-order valence-corrected chi connectivity index (χ4v) is 1.72. The summed E-state index contributed by atoms with van der Waals surface area (Å²) in [6.07, 6.45) is 0.989. The van der Waals surface area contributed by atoms with Crippen LogP contribution >= 0.6 is 0 Å². The van der Waals surface area contributed by atoms with E-state index >= 15 is 0 Å². The molecule has 0 bridgehead atoms. The van der Waals surface area contributed by atoms with Gasteiger partial charge in [-0.2, -0.15) is 0 Å². The molecule has 1 aliphatic rings. The summed E-state index contributed by atoms with van der Waals surface area (Å²) in [5.74, 6) is 0.950. The summed E-state index contributed by atoms with van der Waals surface area (Å²) in [6, 6.07) is 4.40. The molecular formula is C11H14N2O4. The van der Waals surface area contributed by atoms with E-state index in [2.05, 4.69) is 0 Å². The van der Waals surface area contributed by atoms with Crippen molar-refractivity contribution in [3.8, 4) is 5.75 Å². The van der Waals surface area contributed by atoms with Crippen LogP contribution in [-0.2, 0) is 4.74 Å². The Morgan fingerprint density at radius 3 is 3.00 bits per heavy atom. The maximum absolute atomic E-state index is 10.6. The Bertz CT molecular complexity index is 416. The van der Waals surface area contributed by atoms with Crippen LogP contribution in [0.25, 0.3) is 0 Å². The zero-order valence-electron chi connectivity index (χ0n) is 9.30. The van der Waals surface area contributed by atoms with E-state index in [0.717, 1.165) is 13.0 Å². The second-order valence-electron chi connectivity index (χ2n) is 4.02. The third-order valence-electron chi connectivity index (χ3n) is 2.71. The van der Waals surface area contributed by atoms with Crippen molar-refractivity contribution in [2.24, 2.45) is 5.92 Å². The molecule has 92 valence electrons. The molecule has 1 atom stereocenters. The number of anilines is 1. The van der Waals surface area contributed by atoms with E-state index in [-0.39, 0.29) is 11.4 Å². The van der Waals surface area contributed by atoms with E-state index in [1.54, 1.807) is 6.07 Å². The maximum Gasteiger partial charge on any atom is 0.292 e. The fraction of sp³-hybridized carbons (Fsp3) is 0.455. The Labute approximate surface area is 98.5 Å². The molecule has 0 aliphatic carbocycles. The summed E-state index contributed by atoms with van der Waals surface area (Å²) < 4.78 is 10.7. The first-order valence-electron chi connectivity index (χ1n) is 5.41. The van der Waals surface area contributed by atoms with Crippen molar-refractivity contribution in [2.45, 2.75) is 6.42 Å². The van der Waals surface area contributed by atoms with Crippen molar-refractivity contribution in [2.75, 3.05) is 25.6 Å². The molecule has 1 fully saturated rings. The molecule has 1 aromatic carbocycles. The van der Waals surface area contributed by atoms with E-state index < -0.39 is 4.92 Å². The van der Waals surface area contributed by atoms with Crippen LogP contribution in [0.2, 0.25) is 0 Å². The molecule has 1 saturated heterocycles. The lowest BCUT2D eigenvalue weighted by molar-refractivity contribution is -0.383. The standard InChI is InChI=1S/C11H14N2O4/c12-10-5-9(1-2-11(10)13(14)15)17-7-8-3-4-16-6-8/h1-2,5,8H,3-4,6-7,12H2. The number of hydrogen-bond donors (Lipinski definition) is 1. The van der Waals surface area contributed by atoms with Crippen LogP contribution in [0.15, 0.2) is 18.2 Å². The molecule has 0 spiro atoms. The topological polar surface area (TPSA) is 87.6 Å². The van der Waals surface area contributed by atoms with Crippen molar-refractivity contribution in [1.29, 1.82) is 0 Å². The molecule has 1 aliphatic heterocycles. The second-order valence-corrected chi connectivity index (χ2v) is 4.02. The molecule has 1 unspecified atom stereocenters. The summed E-state index contributed by atoms with van der Waals surface area (Å²) in [7, 11) is 0. The zero-order valence-corrected chi connectivity index (χ0v) is 9.30. The number of ether oxygens (including phenoxy) is 2. The molecule has 6 heteroatoms. The van der Waals surface area contributed by atoms with Crippen molar-refractivity contribution in [3.05, 3.63) is 28.3 Å². The van der Waals surface area contributed by atoms with Crippen molar-refractivity contribution < 1.29 is 14.4 Å². The molecule has 0 amide bonds. The Morgan fingerprint density at radius 1 is 1.59 bits per heavy atom. The number of benzene rings is 1. The van der Waals surface area contributed by atoms with Gasteiger partial charge in [-0.15, -0.1) is 0 Å². The number of nitro groups is 1. The van der Waals surface area contributed by atoms with Gasteiger partial charge >= 0.3 is 0 Å². The van der Waals surface area contributed by atoms with E-state index in [1.807, 2.05) is 0 Å². The smallest absolute Gasteiger partial charge is 0.292 e. The molecule has 17 heavy (non-hydrogen) atoms. The van der Waals surface area contributed by atoms with Crippen molar-refractivity contribution in [3.63, 3.8) is 0 Å². The highest BCUT2D eigenvalue weighted by Gasteiger charge is 2.17.